The molecule has 0 unspecified atom stereocenters. The summed E-state index contributed by atoms with van der Waals surface area (Å²) in [7, 11) is -2.11. The molecule has 14 aromatic carbocycles. The van der Waals surface area contributed by atoms with E-state index in [0.717, 1.165) is 0 Å². The summed E-state index contributed by atoms with van der Waals surface area (Å²) in [6, 6.07) is 84.5. The van der Waals surface area contributed by atoms with E-state index in [1.54, 1.807) is 0 Å². The minimum absolute atomic E-state index is 1.24. The van der Waals surface area contributed by atoms with E-state index in [4.69, 9.17) is 0 Å². The molecule has 0 bridgehead atoms. The van der Waals surface area contributed by atoms with E-state index in [9.17, 15) is 0 Å². The van der Waals surface area contributed by atoms with Crippen LogP contribution in [0.5, 0.6) is 0 Å². The van der Waals surface area contributed by atoms with Crippen molar-refractivity contribution < 1.29 is 0 Å². The van der Waals surface area contributed by atoms with Crippen LogP contribution in [0.3, 0.4) is 0 Å². The van der Waals surface area contributed by atoms with Gasteiger partial charge in [0.1, 0.15) is 8.07 Å². The van der Waals surface area contributed by atoms with Crippen molar-refractivity contribution in [2.24, 2.45) is 0 Å². The summed E-state index contributed by atoms with van der Waals surface area (Å²) < 4.78 is 0. The lowest BCUT2D eigenvalue weighted by atomic mass is 9.81. The van der Waals surface area contributed by atoms with Crippen LogP contribution in [0.4, 0.5) is 0 Å². The van der Waals surface area contributed by atoms with E-state index in [0.29, 0.717) is 0 Å². The Morgan fingerprint density at radius 2 is 0.690 bits per heavy atom. The van der Waals surface area contributed by atoms with E-state index in [1.807, 2.05) is 0 Å². The van der Waals surface area contributed by atoms with Gasteiger partial charge in [0.25, 0.3) is 0 Å². The second-order valence-electron chi connectivity index (χ2n) is 21.0. The fourth-order valence-electron chi connectivity index (χ4n) is 14.2. The van der Waals surface area contributed by atoms with Crippen LogP contribution in [-0.4, -0.2) is 8.07 Å². The molecule has 0 amide bonds. The van der Waals surface area contributed by atoms with Crippen molar-refractivity contribution in [2.45, 2.75) is 13.1 Å². The maximum atomic E-state index is 2.67. The number of hydrogen-bond donors (Lipinski definition) is 0. The largest absolute Gasteiger partial charge is 0.113 e. The van der Waals surface area contributed by atoms with Crippen molar-refractivity contribution >= 4 is 93.9 Å². The summed E-state index contributed by atoms with van der Waals surface area (Å²) in [6.07, 6.45) is 0. The van der Waals surface area contributed by atoms with Crippen LogP contribution in [0.25, 0.3) is 164 Å². The van der Waals surface area contributed by atoms with Crippen LogP contribution in [0.1, 0.15) is 0 Å². The smallest absolute Gasteiger partial charge is 0.0623 e. The summed E-state index contributed by atoms with van der Waals surface area (Å²) in [5.74, 6) is 0. The molecule has 1 aliphatic heterocycles. The van der Waals surface area contributed by atoms with Crippen LogP contribution < -0.4 is 10.4 Å². The Morgan fingerprint density at radius 3 is 1.34 bits per heavy atom. The highest BCUT2D eigenvalue weighted by Crippen LogP contribution is 2.55. The second kappa shape index (κ2) is 13.4. The van der Waals surface area contributed by atoms with Crippen molar-refractivity contribution in [3.8, 4) is 89.0 Å². The molecule has 0 aromatic heterocycles. The van der Waals surface area contributed by atoms with E-state index < -0.39 is 8.07 Å². The first-order chi connectivity index (χ1) is 35.0. The quantitative estimate of drug-likeness (QED) is 0.0941. The maximum Gasteiger partial charge on any atom is 0.113 e. The van der Waals surface area contributed by atoms with Gasteiger partial charge in [0, 0.05) is 0 Å². The standard InChI is InChI=1S/C70H42Si/c1-71(2)63-26-8-7-20-47(63)59-37-61-62(38-64(59)71)70(56-34-32-54-46-19-6-4-17-44(46)49-23-12-25-51(56)68(49)54)60-35-41(58-36-42-15-9-13-39-27-28-40-14-10-21-52(58)66(40)65(39)42)29-30-57(60)69(61)55-33-31-53-45-18-5-3-16-43(45)48-22-11-24-50(55)67(48)53/h3-38H,1-2H3. The van der Waals surface area contributed by atoms with Crippen molar-refractivity contribution in [3.05, 3.63) is 218 Å². The summed E-state index contributed by atoms with van der Waals surface area (Å²) in [5, 5.41) is 21.4. The number of fused-ring (bicyclic) bond motifs is 11. The van der Waals surface area contributed by atoms with Crippen molar-refractivity contribution in [2.75, 3.05) is 0 Å². The molecule has 0 saturated carbocycles. The Bertz CT molecular complexity index is 4720. The summed E-state index contributed by atoms with van der Waals surface area (Å²) in [6.45, 7) is 5.13. The molecular formula is C70H42Si. The molecule has 3 aliphatic rings. The first kappa shape index (κ1) is 38.3. The van der Waals surface area contributed by atoms with E-state index in [1.165, 1.54) is 175 Å². The third-order valence-corrected chi connectivity index (χ3v) is 20.8. The Balaban J connectivity index is 1.07. The molecule has 1 heteroatoms. The molecule has 0 atom stereocenters. The predicted molar refractivity (Wildman–Crippen MR) is 308 cm³/mol. The Kier molecular flexibility index (Phi) is 7.20. The minimum Gasteiger partial charge on any atom is -0.0623 e. The normalized spacial score (nSPS) is 13.6. The van der Waals surface area contributed by atoms with Crippen molar-refractivity contribution in [3.63, 3.8) is 0 Å². The average molecular weight is 911 g/mol. The van der Waals surface area contributed by atoms with Gasteiger partial charge in [-0.1, -0.05) is 213 Å². The average Bonchev–Trinajstić information content (AvgIpc) is 4.01. The Hall–Kier alpha value is -8.62. The van der Waals surface area contributed by atoms with E-state index in [2.05, 4.69) is 231 Å². The van der Waals surface area contributed by atoms with Gasteiger partial charge in [-0.05, 0) is 193 Å². The zero-order chi connectivity index (χ0) is 46.4. The van der Waals surface area contributed by atoms with Crippen LogP contribution in [0, 0.1) is 0 Å². The SMILES string of the molecule is C[Si]1(C)c2ccccc2-c2cc3c(-c4ccc5c6c(cccc46)-c4ccccc4-5)c4ccc(-c5cc6cccc7ccc8cccc5c8c76)cc4c(-c4ccc5c6c(cccc46)-c4ccccc4-5)c3cc21. The molecule has 0 saturated heterocycles. The minimum atomic E-state index is -2.11. The van der Waals surface area contributed by atoms with Crippen molar-refractivity contribution in [1.29, 1.82) is 0 Å². The molecule has 0 fully saturated rings. The molecule has 17 rings (SSSR count). The third-order valence-electron chi connectivity index (χ3n) is 17.3. The van der Waals surface area contributed by atoms with Crippen LogP contribution in [-0.2, 0) is 0 Å². The lowest BCUT2D eigenvalue weighted by Gasteiger charge is -2.24. The highest BCUT2D eigenvalue weighted by molar-refractivity contribution is 7.04. The topological polar surface area (TPSA) is 0 Å². The van der Waals surface area contributed by atoms with Crippen molar-refractivity contribution in [1.82, 2.24) is 0 Å². The fraction of sp³-hybridized carbons (Fsp3) is 0.0286. The molecule has 1 heterocycles. The molecule has 326 valence electrons. The molecule has 14 aromatic rings. The van der Waals surface area contributed by atoms with Crippen LogP contribution in [0.2, 0.25) is 13.1 Å². The first-order valence-corrected chi connectivity index (χ1v) is 28.2. The van der Waals surface area contributed by atoms with Gasteiger partial charge < -0.3 is 0 Å². The van der Waals surface area contributed by atoms with E-state index in [-0.39, 0.29) is 0 Å². The third kappa shape index (κ3) is 4.80. The van der Waals surface area contributed by atoms with Gasteiger partial charge in [0.2, 0.25) is 0 Å². The molecule has 0 radical (unpaired) electrons. The Morgan fingerprint density at radius 1 is 0.225 bits per heavy atom. The van der Waals surface area contributed by atoms with Gasteiger partial charge in [0.15, 0.2) is 0 Å². The zero-order valence-electron chi connectivity index (χ0n) is 39.3. The predicted octanol–water partition coefficient (Wildman–Crippen LogP) is 18.3. The monoisotopic (exact) mass is 910 g/mol. The molecule has 0 spiro atoms. The van der Waals surface area contributed by atoms with Gasteiger partial charge >= 0.3 is 0 Å². The van der Waals surface area contributed by atoms with E-state index >= 15 is 0 Å². The summed E-state index contributed by atoms with van der Waals surface area (Å²) in [4.78, 5) is 0. The molecule has 0 nitrogen and oxygen atoms in total. The van der Waals surface area contributed by atoms with Gasteiger partial charge in [0.05, 0.1) is 0 Å². The van der Waals surface area contributed by atoms with Gasteiger partial charge in [-0.2, -0.15) is 0 Å². The number of hydrogen-bond acceptors (Lipinski definition) is 0. The Labute approximate surface area is 412 Å². The molecule has 0 N–H and O–H groups in total. The highest BCUT2D eigenvalue weighted by atomic mass is 28.3. The lowest BCUT2D eigenvalue weighted by Crippen LogP contribution is -2.49. The maximum absolute atomic E-state index is 2.67. The highest BCUT2D eigenvalue weighted by Gasteiger charge is 2.38. The molecule has 2 aliphatic carbocycles. The van der Waals surface area contributed by atoms with Gasteiger partial charge in [-0.25, -0.2) is 0 Å². The number of rotatable bonds is 3. The molecule has 71 heavy (non-hydrogen) atoms. The van der Waals surface area contributed by atoms with Gasteiger partial charge in [-0.3, -0.25) is 0 Å². The zero-order valence-corrected chi connectivity index (χ0v) is 40.3. The first-order valence-electron chi connectivity index (χ1n) is 25.2. The van der Waals surface area contributed by atoms with Crippen LogP contribution >= 0.6 is 0 Å². The van der Waals surface area contributed by atoms with Gasteiger partial charge in [-0.15, -0.1) is 0 Å². The summed E-state index contributed by atoms with van der Waals surface area (Å²) in [5.41, 5.74) is 21.1. The fourth-order valence-corrected chi connectivity index (χ4v) is 17.3. The number of benzene rings is 14. The second-order valence-corrected chi connectivity index (χ2v) is 25.3. The molecular weight excluding hydrogens is 869 g/mol. The van der Waals surface area contributed by atoms with Crippen LogP contribution in [0.15, 0.2) is 218 Å². The summed E-state index contributed by atoms with van der Waals surface area (Å²) >= 11 is 0. The lowest BCUT2D eigenvalue weighted by molar-refractivity contribution is 1.68.